The van der Waals surface area contributed by atoms with Crippen LogP contribution in [0, 0.1) is 0 Å². The number of hydrogen-bond acceptors (Lipinski definition) is 7. The lowest BCUT2D eigenvalue weighted by Crippen LogP contribution is -2.35. The van der Waals surface area contributed by atoms with Gasteiger partial charge < -0.3 is 19.9 Å². The maximum atomic E-state index is 9.05. The Morgan fingerprint density at radius 1 is 1.24 bits per heavy atom. The maximum Gasteiger partial charge on any atom is 0.172 e. The van der Waals surface area contributed by atoms with Gasteiger partial charge in [-0.2, -0.15) is 0 Å². The maximum absolute atomic E-state index is 9.05. The number of hydrogen-bond donors (Lipinski definition) is 2. The van der Waals surface area contributed by atoms with Crippen molar-refractivity contribution in [2.45, 2.75) is 26.4 Å². The first-order valence-corrected chi connectivity index (χ1v) is 7.15. The molecule has 0 bridgehead atoms. The molecule has 2 aromatic rings. The summed E-state index contributed by atoms with van der Waals surface area (Å²) in [5.41, 5.74) is 0. The molecule has 112 valence electrons. The molecule has 0 saturated heterocycles. The fourth-order valence-corrected chi connectivity index (χ4v) is 2.54. The summed E-state index contributed by atoms with van der Waals surface area (Å²) in [6.07, 6.45) is 3.93. The van der Waals surface area contributed by atoms with Gasteiger partial charge in [0.25, 0.3) is 0 Å². The summed E-state index contributed by atoms with van der Waals surface area (Å²) in [5, 5.41) is 20.6. The Kier molecular flexibility index (Phi) is 3.96. The van der Waals surface area contributed by atoms with Crippen LogP contribution in [0.4, 0.5) is 11.6 Å². The topological polar surface area (TPSA) is 92.0 Å². The SMILES string of the molecule is CCNc1nccnc1N1CCn2c(CCO)nnc2C1. The van der Waals surface area contributed by atoms with Gasteiger partial charge in [-0.3, -0.25) is 0 Å². The Morgan fingerprint density at radius 2 is 2.10 bits per heavy atom. The van der Waals surface area contributed by atoms with Crippen molar-refractivity contribution in [2.24, 2.45) is 0 Å². The lowest BCUT2D eigenvalue weighted by molar-refractivity contribution is 0.294. The van der Waals surface area contributed by atoms with E-state index in [1.807, 2.05) is 6.92 Å². The van der Waals surface area contributed by atoms with Crippen molar-refractivity contribution in [1.29, 1.82) is 0 Å². The molecule has 0 radical (unpaired) electrons. The second kappa shape index (κ2) is 6.04. The molecule has 0 fully saturated rings. The monoisotopic (exact) mass is 289 g/mol. The molecule has 0 aliphatic carbocycles. The van der Waals surface area contributed by atoms with Crippen LogP contribution in [0.2, 0.25) is 0 Å². The largest absolute Gasteiger partial charge is 0.396 e. The van der Waals surface area contributed by atoms with Crippen molar-refractivity contribution < 1.29 is 5.11 Å². The number of aliphatic hydroxyl groups excluding tert-OH is 1. The minimum Gasteiger partial charge on any atom is -0.396 e. The van der Waals surface area contributed by atoms with Gasteiger partial charge in [0, 0.05) is 38.4 Å². The van der Waals surface area contributed by atoms with Gasteiger partial charge in [-0.05, 0) is 6.92 Å². The Labute approximate surface area is 122 Å². The Bertz CT molecular complexity index is 612. The van der Waals surface area contributed by atoms with Gasteiger partial charge in [0.15, 0.2) is 17.5 Å². The first-order valence-electron chi connectivity index (χ1n) is 7.15. The normalized spacial score (nSPS) is 14.1. The molecule has 2 aromatic heterocycles. The molecule has 0 amide bonds. The number of aliphatic hydroxyl groups is 1. The van der Waals surface area contributed by atoms with Crippen LogP contribution in [0.5, 0.6) is 0 Å². The molecular formula is C13H19N7O. The molecule has 8 heteroatoms. The molecule has 0 aromatic carbocycles. The summed E-state index contributed by atoms with van der Waals surface area (Å²) < 4.78 is 2.08. The van der Waals surface area contributed by atoms with Gasteiger partial charge in [0.1, 0.15) is 5.82 Å². The lowest BCUT2D eigenvalue weighted by atomic mass is 10.3. The summed E-state index contributed by atoms with van der Waals surface area (Å²) in [4.78, 5) is 10.9. The molecule has 0 spiro atoms. The average molecular weight is 289 g/mol. The van der Waals surface area contributed by atoms with Gasteiger partial charge in [-0.1, -0.05) is 0 Å². The zero-order chi connectivity index (χ0) is 14.7. The second-order valence-electron chi connectivity index (χ2n) is 4.84. The van der Waals surface area contributed by atoms with Crippen LogP contribution in [0.3, 0.4) is 0 Å². The Balaban J connectivity index is 1.83. The van der Waals surface area contributed by atoms with E-state index in [9.17, 15) is 0 Å². The smallest absolute Gasteiger partial charge is 0.172 e. The minimum absolute atomic E-state index is 0.0938. The minimum atomic E-state index is 0.0938. The number of fused-ring (bicyclic) bond motifs is 1. The van der Waals surface area contributed by atoms with E-state index in [-0.39, 0.29) is 6.61 Å². The fraction of sp³-hybridized carbons (Fsp3) is 0.538. The molecule has 1 aliphatic rings. The van der Waals surface area contributed by atoms with Crippen LogP contribution in [0.15, 0.2) is 12.4 Å². The lowest BCUT2D eigenvalue weighted by Gasteiger charge is -2.29. The van der Waals surface area contributed by atoms with Crippen molar-refractivity contribution in [3.63, 3.8) is 0 Å². The first kappa shape index (κ1) is 13.7. The molecule has 0 unspecified atom stereocenters. The molecule has 1 aliphatic heterocycles. The highest BCUT2D eigenvalue weighted by Crippen LogP contribution is 2.24. The van der Waals surface area contributed by atoms with Gasteiger partial charge in [0.2, 0.25) is 0 Å². The van der Waals surface area contributed by atoms with Crippen LogP contribution < -0.4 is 10.2 Å². The van der Waals surface area contributed by atoms with E-state index in [2.05, 4.69) is 34.9 Å². The molecular weight excluding hydrogens is 270 g/mol. The van der Waals surface area contributed by atoms with E-state index in [0.29, 0.717) is 13.0 Å². The number of rotatable bonds is 5. The average Bonchev–Trinajstić information content (AvgIpc) is 2.91. The van der Waals surface area contributed by atoms with Gasteiger partial charge in [0.05, 0.1) is 13.2 Å². The second-order valence-corrected chi connectivity index (χ2v) is 4.84. The molecule has 3 rings (SSSR count). The van der Waals surface area contributed by atoms with Gasteiger partial charge in [-0.25, -0.2) is 9.97 Å². The number of nitrogens with zero attached hydrogens (tertiary/aromatic N) is 6. The molecule has 2 N–H and O–H groups in total. The van der Waals surface area contributed by atoms with Crippen LogP contribution in [-0.2, 0) is 19.5 Å². The highest BCUT2D eigenvalue weighted by molar-refractivity contribution is 5.60. The number of anilines is 2. The standard InChI is InChI=1S/C13H19N7O/c1-2-14-12-13(16-5-4-15-12)19-6-7-20-10(3-8-21)17-18-11(20)9-19/h4-5,21H,2-3,6-9H2,1H3,(H,14,15). The van der Waals surface area contributed by atoms with Crippen molar-refractivity contribution in [3.05, 3.63) is 24.0 Å². The van der Waals surface area contributed by atoms with E-state index in [1.165, 1.54) is 0 Å². The van der Waals surface area contributed by atoms with Crippen LogP contribution in [0.25, 0.3) is 0 Å². The van der Waals surface area contributed by atoms with Gasteiger partial charge in [-0.15, -0.1) is 10.2 Å². The summed E-state index contributed by atoms with van der Waals surface area (Å²) in [7, 11) is 0. The van der Waals surface area contributed by atoms with Crippen LogP contribution >= 0.6 is 0 Å². The van der Waals surface area contributed by atoms with Crippen LogP contribution in [-0.4, -0.2) is 49.5 Å². The third kappa shape index (κ3) is 2.66. The summed E-state index contributed by atoms with van der Waals surface area (Å²) in [6, 6.07) is 0. The van der Waals surface area contributed by atoms with Crippen LogP contribution in [0.1, 0.15) is 18.6 Å². The predicted octanol–water partition coefficient (Wildman–Crippen LogP) is 0.0549. The van der Waals surface area contributed by atoms with E-state index in [0.717, 1.165) is 42.9 Å². The molecule has 8 nitrogen and oxygen atoms in total. The van der Waals surface area contributed by atoms with Gasteiger partial charge >= 0.3 is 0 Å². The zero-order valence-corrected chi connectivity index (χ0v) is 12.0. The van der Waals surface area contributed by atoms with Crippen molar-refractivity contribution >= 4 is 11.6 Å². The first-order chi connectivity index (χ1) is 10.3. The van der Waals surface area contributed by atoms with Crippen molar-refractivity contribution in [2.75, 3.05) is 29.9 Å². The summed E-state index contributed by atoms with van der Waals surface area (Å²) >= 11 is 0. The molecule has 0 saturated carbocycles. The quantitative estimate of drug-likeness (QED) is 0.803. The van der Waals surface area contributed by atoms with E-state index < -0.39 is 0 Å². The van der Waals surface area contributed by atoms with E-state index >= 15 is 0 Å². The summed E-state index contributed by atoms with van der Waals surface area (Å²) in [5.74, 6) is 3.39. The molecule has 3 heterocycles. The number of aromatic nitrogens is 5. The van der Waals surface area contributed by atoms with E-state index in [4.69, 9.17) is 5.11 Å². The Hall–Kier alpha value is -2.22. The highest BCUT2D eigenvalue weighted by Gasteiger charge is 2.23. The number of nitrogens with one attached hydrogen (secondary N) is 1. The zero-order valence-electron chi connectivity index (χ0n) is 12.0. The van der Waals surface area contributed by atoms with Crippen molar-refractivity contribution in [1.82, 2.24) is 24.7 Å². The third-order valence-corrected chi connectivity index (χ3v) is 3.49. The fourth-order valence-electron chi connectivity index (χ4n) is 2.54. The molecule has 0 atom stereocenters. The summed E-state index contributed by atoms with van der Waals surface area (Å²) in [6.45, 7) is 5.19. The predicted molar refractivity (Wildman–Crippen MR) is 78.1 cm³/mol. The Morgan fingerprint density at radius 3 is 2.90 bits per heavy atom. The van der Waals surface area contributed by atoms with E-state index in [1.54, 1.807) is 12.4 Å². The highest BCUT2D eigenvalue weighted by atomic mass is 16.3. The molecule has 21 heavy (non-hydrogen) atoms. The third-order valence-electron chi connectivity index (χ3n) is 3.49. The van der Waals surface area contributed by atoms with Crippen molar-refractivity contribution in [3.8, 4) is 0 Å².